The van der Waals surface area contributed by atoms with Gasteiger partial charge in [0.15, 0.2) is 0 Å². The van der Waals surface area contributed by atoms with Crippen molar-refractivity contribution in [3.8, 4) is 5.69 Å². The van der Waals surface area contributed by atoms with E-state index in [4.69, 9.17) is 10.5 Å². The highest BCUT2D eigenvalue weighted by atomic mass is 16.5. The Bertz CT molecular complexity index is 762. The Morgan fingerprint density at radius 3 is 2.80 bits per heavy atom. The molecule has 0 unspecified atom stereocenters. The first-order chi connectivity index (χ1) is 9.70. The molecule has 0 saturated carbocycles. The highest BCUT2D eigenvalue weighted by Crippen LogP contribution is 2.25. The lowest BCUT2D eigenvalue weighted by Crippen LogP contribution is -2.02. The zero-order chi connectivity index (χ0) is 14.1. The summed E-state index contributed by atoms with van der Waals surface area (Å²) in [7, 11) is 1.70. The van der Waals surface area contributed by atoms with E-state index in [0.717, 1.165) is 33.8 Å². The van der Waals surface area contributed by atoms with E-state index >= 15 is 0 Å². The van der Waals surface area contributed by atoms with Crippen LogP contribution in [0.2, 0.25) is 0 Å². The predicted octanol–water partition coefficient (Wildman–Crippen LogP) is 3.06. The molecule has 0 bridgehead atoms. The van der Waals surface area contributed by atoms with Crippen molar-refractivity contribution in [3.63, 3.8) is 0 Å². The smallest absolute Gasteiger partial charge is 0.111 e. The van der Waals surface area contributed by atoms with Crippen molar-refractivity contribution < 1.29 is 4.74 Å². The monoisotopic (exact) mass is 267 g/mol. The normalized spacial score (nSPS) is 11.1. The number of aryl methyl sites for hydroxylation is 1. The van der Waals surface area contributed by atoms with Crippen LogP contribution in [0.15, 0.2) is 42.5 Å². The zero-order valence-electron chi connectivity index (χ0n) is 11.6. The Balaban J connectivity index is 2.27. The third-order valence-corrected chi connectivity index (χ3v) is 3.38. The number of aromatic nitrogens is 2. The van der Waals surface area contributed by atoms with Gasteiger partial charge in [-0.25, -0.2) is 4.98 Å². The van der Waals surface area contributed by atoms with E-state index in [1.807, 2.05) is 37.3 Å². The van der Waals surface area contributed by atoms with Crippen molar-refractivity contribution in [2.45, 2.75) is 13.5 Å². The molecule has 102 valence electrons. The lowest BCUT2D eigenvalue weighted by atomic mass is 10.1. The highest BCUT2D eigenvalue weighted by Gasteiger charge is 2.12. The Morgan fingerprint density at radius 1 is 1.20 bits per heavy atom. The van der Waals surface area contributed by atoms with Crippen LogP contribution in [0, 0.1) is 6.92 Å². The molecule has 0 aliphatic heterocycles. The SMILES string of the molecule is COCc1ccccc1-n1c(C)nc2cc(N)ccc21. The molecule has 3 aromatic rings. The standard InChI is InChI=1S/C16H17N3O/c1-11-18-14-9-13(17)7-8-16(14)19(11)15-6-4-3-5-12(15)10-20-2/h3-9H,10,17H2,1-2H3. The minimum absolute atomic E-state index is 0.574. The molecule has 0 radical (unpaired) electrons. The van der Waals surface area contributed by atoms with Crippen LogP contribution in [0.25, 0.3) is 16.7 Å². The summed E-state index contributed by atoms with van der Waals surface area (Å²) in [5, 5.41) is 0. The summed E-state index contributed by atoms with van der Waals surface area (Å²) in [6.45, 7) is 2.57. The van der Waals surface area contributed by atoms with Crippen molar-refractivity contribution in [2.75, 3.05) is 12.8 Å². The number of anilines is 1. The molecule has 4 heteroatoms. The number of hydrogen-bond acceptors (Lipinski definition) is 3. The van der Waals surface area contributed by atoms with Gasteiger partial charge in [0.25, 0.3) is 0 Å². The van der Waals surface area contributed by atoms with Crippen LogP contribution in [0.3, 0.4) is 0 Å². The van der Waals surface area contributed by atoms with Crippen LogP contribution >= 0.6 is 0 Å². The van der Waals surface area contributed by atoms with Crippen molar-refractivity contribution in [1.82, 2.24) is 9.55 Å². The van der Waals surface area contributed by atoms with E-state index in [9.17, 15) is 0 Å². The second-order valence-electron chi connectivity index (χ2n) is 4.80. The number of rotatable bonds is 3. The molecule has 0 atom stereocenters. The quantitative estimate of drug-likeness (QED) is 0.742. The summed E-state index contributed by atoms with van der Waals surface area (Å²) in [5.41, 5.74) is 10.8. The van der Waals surface area contributed by atoms with Gasteiger partial charge in [-0.3, -0.25) is 4.57 Å². The van der Waals surface area contributed by atoms with Gasteiger partial charge in [-0.1, -0.05) is 18.2 Å². The molecular formula is C16H17N3O. The number of benzene rings is 2. The van der Waals surface area contributed by atoms with Gasteiger partial charge in [0, 0.05) is 18.4 Å². The second-order valence-corrected chi connectivity index (χ2v) is 4.80. The second kappa shape index (κ2) is 4.98. The Labute approximate surface area is 117 Å². The Kier molecular flexibility index (Phi) is 3.16. The third-order valence-electron chi connectivity index (χ3n) is 3.38. The summed E-state index contributed by atoms with van der Waals surface area (Å²) < 4.78 is 7.43. The van der Waals surface area contributed by atoms with Gasteiger partial charge < -0.3 is 10.5 Å². The minimum Gasteiger partial charge on any atom is -0.399 e. The number of nitrogens with two attached hydrogens (primary N) is 1. The summed E-state index contributed by atoms with van der Waals surface area (Å²) in [5.74, 6) is 0.939. The number of nitrogens with zero attached hydrogens (tertiary/aromatic N) is 2. The van der Waals surface area contributed by atoms with Crippen LogP contribution in [-0.4, -0.2) is 16.7 Å². The lowest BCUT2D eigenvalue weighted by Gasteiger charge is -2.12. The van der Waals surface area contributed by atoms with Gasteiger partial charge >= 0.3 is 0 Å². The fourth-order valence-corrected chi connectivity index (χ4v) is 2.53. The number of methoxy groups -OCH3 is 1. The number of hydrogen-bond donors (Lipinski definition) is 1. The maximum atomic E-state index is 5.83. The third kappa shape index (κ3) is 2.04. The molecule has 1 heterocycles. The van der Waals surface area contributed by atoms with Crippen molar-refractivity contribution in [2.24, 2.45) is 0 Å². The maximum Gasteiger partial charge on any atom is 0.111 e. The molecule has 0 spiro atoms. The summed E-state index contributed by atoms with van der Waals surface area (Å²) in [4.78, 5) is 4.59. The first kappa shape index (κ1) is 12.7. The molecular weight excluding hydrogens is 250 g/mol. The van der Waals surface area contributed by atoms with Gasteiger partial charge in [-0.15, -0.1) is 0 Å². The number of para-hydroxylation sites is 1. The van der Waals surface area contributed by atoms with Crippen molar-refractivity contribution >= 4 is 16.7 Å². The van der Waals surface area contributed by atoms with Crippen LogP contribution < -0.4 is 5.73 Å². The minimum atomic E-state index is 0.574. The van der Waals surface area contributed by atoms with E-state index in [0.29, 0.717) is 6.61 Å². The van der Waals surface area contributed by atoms with E-state index in [1.165, 1.54) is 0 Å². The summed E-state index contributed by atoms with van der Waals surface area (Å²) in [6, 6.07) is 14.0. The van der Waals surface area contributed by atoms with Gasteiger partial charge in [0.1, 0.15) is 5.82 Å². The van der Waals surface area contributed by atoms with Gasteiger partial charge in [-0.05, 0) is 31.2 Å². The molecule has 0 saturated heterocycles. The van der Waals surface area contributed by atoms with Crippen LogP contribution in [0.4, 0.5) is 5.69 Å². The van der Waals surface area contributed by atoms with E-state index in [1.54, 1.807) is 7.11 Å². The van der Waals surface area contributed by atoms with Crippen molar-refractivity contribution in [1.29, 1.82) is 0 Å². The first-order valence-corrected chi connectivity index (χ1v) is 6.52. The van der Waals surface area contributed by atoms with Crippen LogP contribution in [0.5, 0.6) is 0 Å². The number of ether oxygens (including phenoxy) is 1. The molecule has 0 fully saturated rings. The number of nitrogen functional groups attached to an aromatic ring is 1. The molecule has 4 nitrogen and oxygen atoms in total. The molecule has 2 N–H and O–H groups in total. The van der Waals surface area contributed by atoms with E-state index < -0.39 is 0 Å². The van der Waals surface area contributed by atoms with E-state index in [2.05, 4.69) is 21.7 Å². The summed E-state index contributed by atoms with van der Waals surface area (Å²) >= 11 is 0. The Morgan fingerprint density at radius 2 is 2.00 bits per heavy atom. The molecule has 0 aliphatic rings. The topological polar surface area (TPSA) is 53.1 Å². The number of imidazole rings is 1. The van der Waals surface area contributed by atoms with Crippen LogP contribution in [0.1, 0.15) is 11.4 Å². The molecule has 20 heavy (non-hydrogen) atoms. The molecule has 3 rings (SSSR count). The summed E-state index contributed by atoms with van der Waals surface area (Å²) in [6.07, 6.45) is 0. The van der Waals surface area contributed by atoms with Crippen LogP contribution in [-0.2, 0) is 11.3 Å². The first-order valence-electron chi connectivity index (χ1n) is 6.52. The maximum absolute atomic E-state index is 5.83. The molecule has 2 aromatic carbocycles. The van der Waals surface area contributed by atoms with E-state index in [-0.39, 0.29) is 0 Å². The van der Waals surface area contributed by atoms with Gasteiger partial charge in [0.05, 0.1) is 23.3 Å². The average Bonchev–Trinajstić information content (AvgIpc) is 2.75. The molecule has 0 amide bonds. The zero-order valence-corrected chi connectivity index (χ0v) is 11.6. The van der Waals surface area contributed by atoms with Crippen molar-refractivity contribution in [3.05, 3.63) is 53.9 Å². The van der Waals surface area contributed by atoms with Gasteiger partial charge in [-0.2, -0.15) is 0 Å². The number of fused-ring (bicyclic) bond motifs is 1. The lowest BCUT2D eigenvalue weighted by molar-refractivity contribution is 0.185. The highest BCUT2D eigenvalue weighted by molar-refractivity contribution is 5.81. The molecule has 0 aliphatic carbocycles. The largest absolute Gasteiger partial charge is 0.399 e. The van der Waals surface area contributed by atoms with Gasteiger partial charge in [0.2, 0.25) is 0 Å². The fraction of sp³-hybridized carbons (Fsp3) is 0.188. The Hall–Kier alpha value is -2.33. The fourth-order valence-electron chi connectivity index (χ4n) is 2.53. The average molecular weight is 267 g/mol. The molecule has 1 aromatic heterocycles. The predicted molar refractivity (Wildman–Crippen MR) is 80.9 cm³/mol.